The van der Waals surface area contributed by atoms with Crippen molar-refractivity contribution in [3.63, 3.8) is 0 Å². The highest BCUT2D eigenvalue weighted by Crippen LogP contribution is 2.34. The van der Waals surface area contributed by atoms with Crippen LogP contribution in [0.3, 0.4) is 0 Å². The SMILES string of the molecule is CCOC(=O)CN1NCC2=C1CCC[C@H]2NS(=O)(=O)c1cc(C(F)(F)F)cc(S(=O)(=O)CC)c1. The molecule has 0 radical (unpaired) electrons. The first-order chi connectivity index (χ1) is 15.8. The molecule has 0 spiro atoms. The zero-order valence-corrected chi connectivity index (χ0v) is 20.2. The van der Waals surface area contributed by atoms with Crippen LogP contribution in [0, 0.1) is 0 Å². The number of carbonyl (C=O) groups is 1. The van der Waals surface area contributed by atoms with Crippen LogP contribution in [-0.4, -0.2) is 59.3 Å². The number of hydrogen-bond donors (Lipinski definition) is 2. The van der Waals surface area contributed by atoms with Gasteiger partial charge < -0.3 is 9.75 Å². The van der Waals surface area contributed by atoms with Gasteiger partial charge in [0, 0.05) is 18.3 Å². The largest absolute Gasteiger partial charge is 0.465 e. The summed E-state index contributed by atoms with van der Waals surface area (Å²) in [6.45, 7) is 3.33. The van der Waals surface area contributed by atoms with E-state index in [0.29, 0.717) is 37.0 Å². The van der Waals surface area contributed by atoms with Crippen molar-refractivity contribution >= 4 is 25.8 Å². The van der Waals surface area contributed by atoms with Gasteiger partial charge in [-0.3, -0.25) is 4.79 Å². The van der Waals surface area contributed by atoms with E-state index < -0.39 is 59.2 Å². The van der Waals surface area contributed by atoms with Crippen LogP contribution < -0.4 is 10.1 Å². The number of allylic oxidation sites excluding steroid dienone is 1. The van der Waals surface area contributed by atoms with Gasteiger partial charge >= 0.3 is 12.1 Å². The Labute approximate surface area is 196 Å². The molecule has 1 aromatic carbocycles. The highest BCUT2D eigenvalue weighted by molar-refractivity contribution is 7.91. The Morgan fingerprint density at radius 1 is 1.18 bits per heavy atom. The molecule has 0 saturated heterocycles. The first kappa shape index (κ1) is 26.4. The number of hydrogen-bond acceptors (Lipinski definition) is 8. The van der Waals surface area contributed by atoms with Crippen molar-refractivity contribution in [2.24, 2.45) is 0 Å². The van der Waals surface area contributed by atoms with Crippen LogP contribution in [0.15, 0.2) is 39.3 Å². The zero-order chi connectivity index (χ0) is 25.3. The van der Waals surface area contributed by atoms with Crippen LogP contribution in [0.25, 0.3) is 0 Å². The molecular weight excluding hydrogens is 499 g/mol. The third-order valence-corrected chi connectivity index (χ3v) is 8.80. The molecule has 1 heterocycles. The molecule has 9 nitrogen and oxygen atoms in total. The van der Waals surface area contributed by atoms with Gasteiger partial charge in [0.25, 0.3) is 0 Å². The molecule has 1 aliphatic carbocycles. The van der Waals surface area contributed by atoms with Gasteiger partial charge in [0.1, 0.15) is 6.54 Å². The molecule has 0 fully saturated rings. The molecule has 2 aliphatic rings. The Bertz CT molecular complexity index is 1200. The van der Waals surface area contributed by atoms with E-state index in [-0.39, 0.29) is 19.7 Å². The number of sulfone groups is 1. The van der Waals surface area contributed by atoms with Crippen molar-refractivity contribution in [3.05, 3.63) is 35.0 Å². The van der Waals surface area contributed by atoms with Crippen molar-refractivity contribution in [2.75, 3.05) is 25.4 Å². The molecule has 2 N–H and O–H groups in total. The molecule has 0 unspecified atom stereocenters. The standard InChI is InChI=1S/C20H26F3N3O6S2/c1-3-32-19(27)12-26-18-7-5-6-17(16(18)11-24-26)25-34(30,31)15-9-13(20(21,22)23)8-14(10-15)33(28,29)4-2/h8-10,17,24-25H,3-7,11-12H2,1-2H3/t17-/m1/s1. The van der Waals surface area contributed by atoms with Crippen LogP contribution in [0.5, 0.6) is 0 Å². The van der Waals surface area contributed by atoms with Crippen LogP contribution in [0.1, 0.15) is 38.7 Å². The quantitative estimate of drug-likeness (QED) is 0.494. The summed E-state index contributed by atoms with van der Waals surface area (Å²) in [4.78, 5) is 10.3. The van der Waals surface area contributed by atoms with Crippen LogP contribution in [0.4, 0.5) is 13.2 Å². The average molecular weight is 526 g/mol. The number of halogens is 3. The van der Waals surface area contributed by atoms with E-state index in [4.69, 9.17) is 4.74 Å². The Hall–Kier alpha value is -2.16. The summed E-state index contributed by atoms with van der Waals surface area (Å²) in [5, 5.41) is 1.59. The number of ether oxygens (including phenoxy) is 1. The van der Waals surface area contributed by atoms with Crippen molar-refractivity contribution < 1.29 is 39.5 Å². The minimum atomic E-state index is -4.94. The number of sulfonamides is 1. The number of nitrogens with one attached hydrogen (secondary N) is 2. The molecule has 190 valence electrons. The lowest BCUT2D eigenvalue weighted by Gasteiger charge is -2.28. The second-order valence-electron chi connectivity index (χ2n) is 7.86. The van der Waals surface area contributed by atoms with E-state index in [1.807, 2.05) is 0 Å². The molecular formula is C20H26F3N3O6S2. The van der Waals surface area contributed by atoms with Gasteiger partial charge in [0.2, 0.25) is 10.0 Å². The summed E-state index contributed by atoms with van der Waals surface area (Å²) in [5.41, 5.74) is 3.04. The van der Waals surface area contributed by atoms with Crippen molar-refractivity contribution in [1.29, 1.82) is 0 Å². The number of rotatable bonds is 8. The number of hydrazine groups is 1. The predicted octanol–water partition coefficient (Wildman–Crippen LogP) is 1.97. The first-order valence-corrected chi connectivity index (χ1v) is 13.8. The molecule has 0 saturated carbocycles. The lowest BCUT2D eigenvalue weighted by atomic mass is 9.93. The van der Waals surface area contributed by atoms with E-state index in [9.17, 15) is 34.8 Å². The van der Waals surface area contributed by atoms with E-state index in [1.54, 1.807) is 11.9 Å². The summed E-state index contributed by atoms with van der Waals surface area (Å²) >= 11 is 0. The fourth-order valence-electron chi connectivity index (χ4n) is 3.93. The molecule has 1 atom stereocenters. The van der Waals surface area contributed by atoms with Crippen LogP contribution in [0.2, 0.25) is 0 Å². The second kappa shape index (κ2) is 9.84. The zero-order valence-electron chi connectivity index (χ0n) is 18.6. The number of alkyl halides is 3. The molecule has 0 amide bonds. The van der Waals surface area contributed by atoms with Crippen molar-refractivity contribution in [2.45, 2.75) is 55.1 Å². The Morgan fingerprint density at radius 2 is 1.85 bits per heavy atom. The Morgan fingerprint density at radius 3 is 2.47 bits per heavy atom. The highest BCUT2D eigenvalue weighted by atomic mass is 32.2. The molecule has 34 heavy (non-hydrogen) atoms. The maximum Gasteiger partial charge on any atom is 0.416 e. The molecule has 1 aromatic rings. The summed E-state index contributed by atoms with van der Waals surface area (Å²) in [6.07, 6.45) is -3.38. The summed E-state index contributed by atoms with van der Waals surface area (Å²) in [7, 11) is -8.60. The summed E-state index contributed by atoms with van der Waals surface area (Å²) in [6, 6.07) is 0.880. The third-order valence-electron chi connectivity index (χ3n) is 5.63. The van der Waals surface area contributed by atoms with E-state index >= 15 is 0 Å². The lowest BCUT2D eigenvalue weighted by molar-refractivity contribution is -0.144. The van der Waals surface area contributed by atoms with Crippen LogP contribution >= 0.6 is 0 Å². The van der Waals surface area contributed by atoms with Crippen LogP contribution in [-0.2, 0) is 35.6 Å². The van der Waals surface area contributed by atoms with Gasteiger partial charge in [-0.05, 0) is 50.0 Å². The van der Waals surface area contributed by atoms with Gasteiger partial charge in [-0.2, -0.15) is 13.2 Å². The fraction of sp³-hybridized carbons (Fsp3) is 0.550. The fourth-order valence-corrected chi connectivity index (χ4v) is 6.28. The summed E-state index contributed by atoms with van der Waals surface area (Å²) in [5.74, 6) is -0.942. The van der Waals surface area contributed by atoms with Gasteiger partial charge in [-0.25, -0.2) is 27.0 Å². The topological polar surface area (TPSA) is 122 Å². The molecule has 3 rings (SSSR count). The average Bonchev–Trinajstić information content (AvgIpc) is 3.16. The van der Waals surface area contributed by atoms with Gasteiger partial charge in [-0.1, -0.05) is 6.92 Å². The maximum atomic E-state index is 13.4. The van der Waals surface area contributed by atoms with Crippen molar-refractivity contribution in [3.8, 4) is 0 Å². The molecule has 1 aliphatic heterocycles. The molecule has 0 bridgehead atoms. The third kappa shape index (κ3) is 5.73. The number of esters is 1. The molecule has 0 aromatic heterocycles. The monoisotopic (exact) mass is 525 g/mol. The highest BCUT2D eigenvalue weighted by Gasteiger charge is 2.37. The van der Waals surface area contributed by atoms with Crippen molar-refractivity contribution in [1.82, 2.24) is 15.2 Å². The van der Waals surface area contributed by atoms with E-state index in [2.05, 4.69) is 10.1 Å². The molecule has 14 heteroatoms. The Kier molecular flexibility index (Phi) is 7.65. The predicted molar refractivity (Wildman–Crippen MR) is 115 cm³/mol. The second-order valence-corrected chi connectivity index (χ2v) is 11.9. The van der Waals surface area contributed by atoms with Gasteiger partial charge in [0.15, 0.2) is 9.84 Å². The van der Waals surface area contributed by atoms with E-state index in [0.717, 1.165) is 11.8 Å². The summed E-state index contributed by atoms with van der Waals surface area (Å²) < 4.78 is 98.2. The normalized spacial score (nSPS) is 19.3. The van der Waals surface area contributed by atoms with E-state index in [1.165, 1.54) is 6.92 Å². The number of benzene rings is 1. The van der Waals surface area contributed by atoms with Gasteiger partial charge in [-0.15, -0.1) is 0 Å². The Balaban J connectivity index is 1.93. The smallest absolute Gasteiger partial charge is 0.416 e. The minimum Gasteiger partial charge on any atom is -0.465 e. The number of nitrogens with zero attached hydrogens (tertiary/aromatic N) is 1. The lowest BCUT2D eigenvalue weighted by Crippen LogP contribution is -2.39. The minimum absolute atomic E-state index is 0.0714. The maximum absolute atomic E-state index is 13.4. The first-order valence-electron chi connectivity index (χ1n) is 10.6. The van der Waals surface area contributed by atoms with Gasteiger partial charge in [0.05, 0.1) is 27.7 Å². The number of carbonyl (C=O) groups excluding carboxylic acids is 1.